The van der Waals surface area contributed by atoms with E-state index in [9.17, 15) is 46.9 Å². The molecule has 0 radical (unpaired) electrons. The molecular formula is C28H12Cl2F4N4O6. The Balaban J connectivity index is 0.000000175. The average molecular weight is 647 g/mol. The Labute approximate surface area is 252 Å². The summed E-state index contributed by atoms with van der Waals surface area (Å²) < 4.78 is 54.5. The van der Waals surface area contributed by atoms with Crippen molar-refractivity contribution in [3.63, 3.8) is 0 Å². The quantitative estimate of drug-likeness (QED) is 0.0900. The Morgan fingerprint density at radius 3 is 1.48 bits per heavy atom. The third-order valence-corrected chi connectivity index (χ3v) is 7.09. The molecule has 0 atom stereocenters. The van der Waals surface area contributed by atoms with Gasteiger partial charge in [0.05, 0.1) is 49.3 Å². The molecule has 0 saturated heterocycles. The van der Waals surface area contributed by atoms with E-state index in [1.807, 2.05) is 0 Å². The van der Waals surface area contributed by atoms with Gasteiger partial charge in [-0.1, -0.05) is 23.2 Å². The van der Waals surface area contributed by atoms with Gasteiger partial charge in [0.15, 0.2) is 0 Å². The molecule has 0 fully saturated rings. The number of imide groups is 2. The predicted octanol–water partition coefficient (Wildman–Crippen LogP) is 6.33. The van der Waals surface area contributed by atoms with E-state index in [2.05, 4.69) is 0 Å². The zero-order valence-electron chi connectivity index (χ0n) is 21.4. The fourth-order valence-electron chi connectivity index (χ4n) is 4.43. The maximum Gasteiger partial charge on any atom is 0.290 e. The number of nitro benzene ring substituents is 1. The van der Waals surface area contributed by atoms with Gasteiger partial charge >= 0.3 is 0 Å². The molecule has 16 heteroatoms. The van der Waals surface area contributed by atoms with Crippen LogP contribution < -0.4 is 15.5 Å². The molecule has 2 aliphatic heterocycles. The van der Waals surface area contributed by atoms with Crippen molar-refractivity contribution < 1.29 is 41.7 Å². The lowest BCUT2D eigenvalue weighted by atomic mass is 10.1. The van der Waals surface area contributed by atoms with Gasteiger partial charge in [-0.25, -0.2) is 27.4 Å². The van der Waals surface area contributed by atoms with Gasteiger partial charge in [-0.2, -0.15) is 0 Å². The van der Waals surface area contributed by atoms with E-state index >= 15 is 0 Å². The van der Waals surface area contributed by atoms with Gasteiger partial charge in [-0.15, -0.1) is 0 Å². The second-order valence-electron chi connectivity index (χ2n) is 9.11. The Bertz CT molecular complexity index is 1990. The molecule has 2 aliphatic rings. The zero-order chi connectivity index (χ0) is 32.2. The summed E-state index contributed by atoms with van der Waals surface area (Å²) in [6, 6.07) is 9.43. The lowest BCUT2D eigenvalue weighted by Crippen LogP contribution is -2.30. The number of carbonyl (C=O) groups excluding carboxylic acids is 4. The number of fused-ring (bicyclic) bond motifs is 2. The van der Waals surface area contributed by atoms with E-state index in [-0.39, 0.29) is 38.7 Å². The highest BCUT2D eigenvalue weighted by atomic mass is 35.5. The smallest absolute Gasteiger partial charge is 0.290 e. The Morgan fingerprint density at radius 2 is 1.02 bits per heavy atom. The van der Waals surface area contributed by atoms with Crippen LogP contribution in [0.4, 0.5) is 40.3 Å². The van der Waals surface area contributed by atoms with Gasteiger partial charge in [-0.05, 0) is 48.5 Å². The first-order valence-corrected chi connectivity index (χ1v) is 12.7. The first kappa shape index (κ1) is 30.1. The normalized spacial score (nSPS) is 13.6. The lowest BCUT2D eigenvalue weighted by molar-refractivity contribution is -0.384. The number of hydrogen-bond donors (Lipinski definition) is 1. The van der Waals surface area contributed by atoms with E-state index in [0.29, 0.717) is 21.9 Å². The molecule has 0 bridgehead atoms. The molecule has 4 aromatic rings. The largest absolute Gasteiger partial charge is 0.397 e. The molecule has 0 aromatic heterocycles. The molecule has 10 nitrogen and oxygen atoms in total. The predicted molar refractivity (Wildman–Crippen MR) is 149 cm³/mol. The number of amides is 4. The monoisotopic (exact) mass is 646 g/mol. The topological polar surface area (TPSA) is 144 Å². The summed E-state index contributed by atoms with van der Waals surface area (Å²) >= 11 is 11.2. The molecule has 4 aromatic carbocycles. The Kier molecular flexibility index (Phi) is 7.57. The van der Waals surface area contributed by atoms with E-state index < -0.39 is 68.2 Å². The van der Waals surface area contributed by atoms with Crippen molar-refractivity contribution in [2.45, 2.75) is 0 Å². The highest BCUT2D eigenvalue weighted by Gasteiger charge is 2.40. The number of nitrogens with two attached hydrogens (primary N) is 1. The van der Waals surface area contributed by atoms with Gasteiger partial charge in [0, 0.05) is 12.1 Å². The van der Waals surface area contributed by atoms with E-state index in [1.54, 1.807) is 0 Å². The molecule has 44 heavy (non-hydrogen) atoms. The molecule has 2 heterocycles. The van der Waals surface area contributed by atoms with E-state index in [1.165, 1.54) is 6.07 Å². The van der Waals surface area contributed by atoms with Crippen molar-refractivity contribution in [1.29, 1.82) is 0 Å². The summed E-state index contributed by atoms with van der Waals surface area (Å²) in [6.45, 7) is 0. The Morgan fingerprint density at radius 1 is 0.614 bits per heavy atom. The van der Waals surface area contributed by atoms with Crippen LogP contribution in [-0.2, 0) is 0 Å². The van der Waals surface area contributed by atoms with Gasteiger partial charge in [-0.3, -0.25) is 29.3 Å². The average Bonchev–Trinajstić information content (AvgIpc) is 3.34. The molecule has 0 aliphatic carbocycles. The maximum atomic E-state index is 14.1. The number of nitrogens with zero attached hydrogens (tertiary/aromatic N) is 3. The third-order valence-electron chi connectivity index (χ3n) is 6.46. The summed E-state index contributed by atoms with van der Waals surface area (Å²) in [7, 11) is 0. The van der Waals surface area contributed by atoms with Crippen molar-refractivity contribution in [2.75, 3.05) is 15.5 Å². The zero-order valence-corrected chi connectivity index (χ0v) is 22.9. The highest BCUT2D eigenvalue weighted by molar-refractivity contribution is 6.36. The van der Waals surface area contributed by atoms with Gasteiger partial charge in [0.2, 0.25) is 0 Å². The lowest BCUT2D eigenvalue weighted by Gasteiger charge is -2.15. The second-order valence-corrected chi connectivity index (χ2v) is 9.92. The minimum atomic E-state index is -1.09. The number of benzene rings is 4. The molecule has 6 rings (SSSR count). The van der Waals surface area contributed by atoms with Crippen LogP contribution in [0.5, 0.6) is 0 Å². The fourth-order valence-corrected chi connectivity index (χ4v) is 4.80. The molecule has 0 spiro atoms. The van der Waals surface area contributed by atoms with Crippen molar-refractivity contribution in [3.8, 4) is 0 Å². The number of carbonyl (C=O) groups is 4. The molecule has 222 valence electrons. The minimum absolute atomic E-state index is 0.00863. The first-order valence-electron chi connectivity index (χ1n) is 12.0. The summed E-state index contributed by atoms with van der Waals surface area (Å²) in [5, 5.41) is 10.4. The number of anilines is 3. The molecule has 0 unspecified atom stereocenters. The summed E-state index contributed by atoms with van der Waals surface area (Å²) in [4.78, 5) is 60.0. The Hall–Kier alpha value is -5.34. The highest BCUT2D eigenvalue weighted by Crippen LogP contribution is 2.37. The van der Waals surface area contributed by atoms with E-state index in [4.69, 9.17) is 28.9 Å². The van der Waals surface area contributed by atoms with Crippen LogP contribution in [0.1, 0.15) is 41.4 Å². The molecule has 4 amide bonds. The SMILES string of the molecule is Nc1cc(N2C(=O)c3ccc(F)cc3C2=O)c(F)cc1Cl.O=C1c2ccc(F)cc2C(=O)N1c1cc([N+](=O)[O-])c(Cl)cc1F. The van der Waals surface area contributed by atoms with Crippen LogP contribution in [0.3, 0.4) is 0 Å². The van der Waals surface area contributed by atoms with Crippen LogP contribution in [-0.4, -0.2) is 28.6 Å². The number of nitro groups is 1. The molecular weight excluding hydrogens is 635 g/mol. The summed E-state index contributed by atoms with van der Waals surface area (Å²) in [5.41, 5.74) is 3.53. The summed E-state index contributed by atoms with van der Waals surface area (Å²) in [5.74, 6) is -6.78. The van der Waals surface area contributed by atoms with Gasteiger partial charge in [0.25, 0.3) is 29.3 Å². The van der Waals surface area contributed by atoms with Crippen molar-refractivity contribution >= 4 is 69.6 Å². The maximum absolute atomic E-state index is 14.1. The van der Waals surface area contributed by atoms with Crippen LogP contribution in [0.25, 0.3) is 0 Å². The van der Waals surface area contributed by atoms with Crippen LogP contribution >= 0.6 is 23.2 Å². The first-order chi connectivity index (χ1) is 20.7. The van der Waals surface area contributed by atoms with Gasteiger partial charge < -0.3 is 5.73 Å². The standard InChI is InChI=1S/C14H5ClF2N2O4.C14H7ClF2N2O2/c15-9-4-10(17)12(5-11(9)19(22)23)18-13(20)7-2-1-6(16)3-8(7)14(18)21;15-9-4-10(17)12(5-11(9)18)19-13(20)7-2-1-6(16)3-8(7)14(19)21/h1-5H;1-5H,18H2. The van der Waals surface area contributed by atoms with E-state index in [0.717, 1.165) is 42.5 Å². The van der Waals surface area contributed by atoms with Crippen LogP contribution in [0.2, 0.25) is 10.0 Å². The van der Waals surface area contributed by atoms with Crippen LogP contribution in [0.15, 0.2) is 60.7 Å². The number of hydrogen-bond acceptors (Lipinski definition) is 7. The number of rotatable bonds is 3. The van der Waals surface area contributed by atoms with Crippen molar-refractivity contribution in [1.82, 2.24) is 0 Å². The minimum Gasteiger partial charge on any atom is -0.397 e. The third kappa shape index (κ3) is 4.99. The second kappa shape index (κ2) is 11.1. The fraction of sp³-hybridized carbons (Fsp3) is 0. The van der Waals surface area contributed by atoms with Gasteiger partial charge in [0.1, 0.15) is 28.3 Å². The van der Waals surface area contributed by atoms with Crippen molar-refractivity contribution in [3.05, 3.63) is 126 Å². The summed E-state index contributed by atoms with van der Waals surface area (Å²) in [6.07, 6.45) is 0. The molecule has 2 N–H and O–H groups in total. The number of halogens is 6. The van der Waals surface area contributed by atoms with Crippen molar-refractivity contribution in [2.24, 2.45) is 0 Å². The molecule has 0 saturated carbocycles. The number of nitrogen functional groups attached to an aromatic ring is 1. The van der Waals surface area contributed by atoms with Crippen LogP contribution in [0, 0.1) is 33.4 Å².